The number of hydrogen-bond acceptors (Lipinski definition) is 3. The number of hydrogen-bond donors (Lipinski definition) is 1. The summed E-state index contributed by atoms with van der Waals surface area (Å²) in [5.41, 5.74) is 0.867. The Bertz CT molecular complexity index is 554. The predicted octanol–water partition coefficient (Wildman–Crippen LogP) is 1.55. The monoisotopic (exact) mass is 262 g/mol. The quantitative estimate of drug-likeness (QED) is 0.832. The molecule has 0 aliphatic carbocycles. The van der Waals surface area contributed by atoms with Crippen molar-refractivity contribution in [3.8, 4) is 0 Å². The van der Waals surface area contributed by atoms with Crippen LogP contribution in [0.5, 0.6) is 0 Å². The van der Waals surface area contributed by atoms with Gasteiger partial charge in [0.05, 0.1) is 11.8 Å². The highest BCUT2D eigenvalue weighted by Crippen LogP contribution is 2.09. The Kier molecular flexibility index (Phi) is 4.22. The third kappa shape index (κ3) is 3.61. The van der Waals surface area contributed by atoms with E-state index in [0.717, 1.165) is 5.56 Å². The van der Waals surface area contributed by atoms with Gasteiger partial charge in [-0.15, -0.1) is 5.10 Å². The lowest BCUT2D eigenvalue weighted by Gasteiger charge is -2.06. The van der Waals surface area contributed by atoms with Crippen LogP contribution in [0.25, 0.3) is 0 Å². The molecular formula is C13H15FN4O. The van der Waals surface area contributed by atoms with Crippen molar-refractivity contribution in [2.75, 3.05) is 6.54 Å². The average molecular weight is 262 g/mol. The fourth-order valence-electron chi connectivity index (χ4n) is 1.69. The molecule has 0 saturated heterocycles. The molecule has 0 radical (unpaired) electrons. The van der Waals surface area contributed by atoms with Gasteiger partial charge in [-0.05, 0) is 31.0 Å². The minimum absolute atomic E-state index is 0.0753. The third-order valence-corrected chi connectivity index (χ3v) is 2.69. The third-order valence-electron chi connectivity index (χ3n) is 2.69. The molecule has 1 N–H and O–H groups in total. The van der Waals surface area contributed by atoms with Crippen LogP contribution in [0, 0.1) is 12.7 Å². The van der Waals surface area contributed by atoms with Crippen molar-refractivity contribution >= 4 is 5.91 Å². The van der Waals surface area contributed by atoms with Crippen LogP contribution in [-0.4, -0.2) is 27.4 Å². The van der Waals surface area contributed by atoms with Crippen LogP contribution in [0.4, 0.5) is 4.39 Å². The van der Waals surface area contributed by atoms with Gasteiger partial charge in [-0.2, -0.15) is 0 Å². The molecule has 0 atom stereocenters. The molecule has 6 heteroatoms. The normalized spacial score (nSPS) is 10.4. The lowest BCUT2D eigenvalue weighted by atomic mass is 10.1. The van der Waals surface area contributed by atoms with Crippen molar-refractivity contribution in [3.63, 3.8) is 0 Å². The number of nitrogens with zero attached hydrogens (tertiary/aromatic N) is 3. The largest absolute Gasteiger partial charge is 0.352 e. The molecule has 1 amide bonds. The van der Waals surface area contributed by atoms with E-state index in [0.29, 0.717) is 19.5 Å². The van der Waals surface area contributed by atoms with Crippen LogP contribution in [0.15, 0.2) is 30.6 Å². The Morgan fingerprint density at radius 1 is 1.47 bits per heavy atom. The maximum absolute atomic E-state index is 13.6. The molecule has 5 nitrogen and oxygen atoms in total. The maximum Gasteiger partial charge on any atom is 0.254 e. The molecule has 0 unspecified atom stereocenters. The van der Waals surface area contributed by atoms with Crippen molar-refractivity contribution in [3.05, 3.63) is 47.5 Å². The Labute approximate surface area is 110 Å². The van der Waals surface area contributed by atoms with Crippen LogP contribution in [0.3, 0.4) is 0 Å². The van der Waals surface area contributed by atoms with Gasteiger partial charge in [0.1, 0.15) is 5.82 Å². The van der Waals surface area contributed by atoms with Gasteiger partial charge in [0.15, 0.2) is 0 Å². The SMILES string of the molecule is Cc1ccc(C(=O)NCCCn2ccnn2)c(F)c1. The topological polar surface area (TPSA) is 59.8 Å². The fourth-order valence-corrected chi connectivity index (χ4v) is 1.69. The Hall–Kier alpha value is -2.24. The summed E-state index contributed by atoms with van der Waals surface area (Å²) in [7, 11) is 0. The van der Waals surface area contributed by atoms with Gasteiger partial charge in [0.25, 0.3) is 5.91 Å². The van der Waals surface area contributed by atoms with Crippen LogP contribution in [0.1, 0.15) is 22.3 Å². The molecule has 2 aromatic rings. The molecule has 2 rings (SSSR count). The summed E-state index contributed by atoms with van der Waals surface area (Å²) in [6.07, 6.45) is 4.06. The van der Waals surface area contributed by atoms with E-state index in [-0.39, 0.29) is 5.56 Å². The van der Waals surface area contributed by atoms with E-state index in [4.69, 9.17) is 0 Å². The molecule has 0 aliphatic rings. The molecule has 100 valence electrons. The van der Waals surface area contributed by atoms with Gasteiger partial charge in [-0.25, -0.2) is 4.39 Å². The summed E-state index contributed by atoms with van der Waals surface area (Å²) in [4.78, 5) is 11.8. The number of halogens is 1. The summed E-state index contributed by atoms with van der Waals surface area (Å²) in [6.45, 7) is 2.91. The average Bonchev–Trinajstić information content (AvgIpc) is 2.87. The van der Waals surface area contributed by atoms with Crippen molar-refractivity contribution in [1.29, 1.82) is 0 Å². The Morgan fingerprint density at radius 2 is 2.32 bits per heavy atom. The first-order valence-corrected chi connectivity index (χ1v) is 6.05. The summed E-state index contributed by atoms with van der Waals surface area (Å²) < 4.78 is 15.2. The minimum Gasteiger partial charge on any atom is -0.352 e. The van der Waals surface area contributed by atoms with E-state index < -0.39 is 11.7 Å². The molecule has 19 heavy (non-hydrogen) atoms. The highest BCUT2D eigenvalue weighted by atomic mass is 19.1. The minimum atomic E-state index is -0.492. The first-order chi connectivity index (χ1) is 9.16. The number of nitrogens with one attached hydrogen (secondary N) is 1. The lowest BCUT2D eigenvalue weighted by Crippen LogP contribution is -2.26. The number of carbonyl (C=O) groups excluding carboxylic acids is 1. The molecule has 1 aromatic heterocycles. The molecule has 0 bridgehead atoms. The van der Waals surface area contributed by atoms with Crippen molar-refractivity contribution in [1.82, 2.24) is 20.3 Å². The van der Waals surface area contributed by atoms with E-state index in [1.54, 1.807) is 30.1 Å². The van der Waals surface area contributed by atoms with Gasteiger partial charge in [-0.3, -0.25) is 9.48 Å². The highest BCUT2D eigenvalue weighted by Gasteiger charge is 2.10. The second kappa shape index (κ2) is 6.08. The van der Waals surface area contributed by atoms with E-state index in [2.05, 4.69) is 15.6 Å². The van der Waals surface area contributed by atoms with E-state index in [1.165, 1.54) is 12.1 Å². The van der Waals surface area contributed by atoms with E-state index in [9.17, 15) is 9.18 Å². The summed E-state index contributed by atoms with van der Waals surface area (Å²) in [5, 5.41) is 10.2. The molecule has 0 fully saturated rings. The second-order valence-electron chi connectivity index (χ2n) is 4.26. The van der Waals surface area contributed by atoms with Gasteiger partial charge < -0.3 is 5.32 Å². The summed E-state index contributed by atoms with van der Waals surface area (Å²) >= 11 is 0. The van der Waals surface area contributed by atoms with Crippen LogP contribution in [-0.2, 0) is 6.54 Å². The standard InChI is InChI=1S/C13H15FN4O/c1-10-3-4-11(12(14)9-10)13(19)15-5-2-7-18-8-6-16-17-18/h3-4,6,8-9H,2,5,7H2,1H3,(H,15,19). The van der Waals surface area contributed by atoms with Crippen molar-refractivity contribution in [2.24, 2.45) is 0 Å². The van der Waals surface area contributed by atoms with Gasteiger partial charge >= 0.3 is 0 Å². The van der Waals surface area contributed by atoms with Crippen LogP contribution >= 0.6 is 0 Å². The number of benzene rings is 1. The fraction of sp³-hybridized carbons (Fsp3) is 0.308. The maximum atomic E-state index is 13.6. The second-order valence-corrected chi connectivity index (χ2v) is 4.26. The van der Waals surface area contributed by atoms with Gasteiger partial charge in [0, 0.05) is 19.3 Å². The van der Waals surface area contributed by atoms with E-state index in [1.807, 2.05) is 0 Å². The molecular weight excluding hydrogens is 247 g/mol. The van der Waals surface area contributed by atoms with Crippen LogP contribution < -0.4 is 5.32 Å². The summed E-state index contributed by atoms with van der Waals surface area (Å²) in [5.74, 6) is -0.884. The zero-order valence-electron chi connectivity index (χ0n) is 10.6. The first-order valence-electron chi connectivity index (χ1n) is 6.05. The number of rotatable bonds is 5. The Morgan fingerprint density at radius 3 is 3.00 bits per heavy atom. The van der Waals surface area contributed by atoms with Gasteiger partial charge in [0.2, 0.25) is 0 Å². The van der Waals surface area contributed by atoms with Gasteiger partial charge in [-0.1, -0.05) is 11.3 Å². The first kappa shape index (κ1) is 13.2. The molecule has 1 aromatic carbocycles. The zero-order chi connectivity index (χ0) is 13.7. The molecule has 0 aliphatic heterocycles. The van der Waals surface area contributed by atoms with Crippen LogP contribution in [0.2, 0.25) is 0 Å². The van der Waals surface area contributed by atoms with E-state index >= 15 is 0 Å². The smallest absolute Gasteiger partial charge is 0.254 e. The number of aromatic nitrogens is 3. The van der Waals surface area contributed by atoms with Crippen molar-refractivity contribution < 1.29 is 9.18 Å². The summed E-state index contributed by atoms with van der Waals surface area (Å²) in [6, 6.07) is 4.56. The molecule has 0 spiro atoms. The number of amides is 1. The highest BCUT2D eigenvalue weighted by molar-refractivity contribution is 5.94. The zero-order valence-corrected chi connectivity index (χ0v) is 10.6. The molecule has 0 saturated carbocycles. The Balaban J connectivity index is 1.81. The predicted molar refractivity (Wildman–Crippen MR) is 68.1 cm³/mol. The number of carbonyl (C=O) groups is 1. The lowest BCUT2D eigenvalue weighted by molar-refractivity contribution is 0.0948. The van der Waals surface area contributed by atoms with Crippen molar-refractivity contribution in [2.45, 2.75) is 19.9 Å². The molecule has 1 heterocycles. The number of aryl methyl sites for hydroxylation is 2.